The molecule has 158 valence electrons. The van der Waals surface area contributed by atoms with Crippen LogP contribution in [0, 0.1) is 11.6 Å². The van der Waals surface area contributed by atoms with Crippen molar-refractivity contribution in [1.82, 2.24) is 15.1 Å². The van der Waals surface area contributed by atoms with E-state index in [4.69, 9.17) is 16.7 Å². The summed E-state index contributed by atoms with van der Waals surface area (Å²) < 4.78 is 28.4. The zero-order valence-corrected chi connectivity index (χ0v) is 18.1. The van der Waals surface area contributed by atoms with Crippen LogP contribution >= 0.6 is 11.6 Å². The van der Waals surface area contributed by atoms with Crippen LogP contribution in [0.15, 0.2) is 48.5 Å². The third kappa shape index (κ3) is 4.87. The van der Waals surface area contributed by atoms with Gasteiger partial charge in [0.1, 0.15) is 0 Å². The molecule has 0 saturated heterocycles. The number of carbonyl (C=O) groups is 1. The van der Waals surface area contributed by atoms with Crippen molar-refractivity contribution in [3.8, 4) is 5.69 Å². The van der Waals surface area contributed by atoms with Crippen LogP contribution in [0.1, 0.15) is 50.6 Å². The molecule has 3 aromatic rings. The molecule has 0 fully saturated rings. The summed E-state index contributed by atoms with van der Waals surface area (Å²) in [5, 5.41) is 8.17. The summed E-state index contributed by atoms with van der Waals surface area (Å²) in [4.78, 5) is 12.6. The van der Waals surface area contributed by atoms with Crippen LogP contribution in [-0.2, 0) is 16.8 Å². The summed E-state index contributed by atoms with van der Waals surface area (Å²) >= 11 is 6.14. The molecular formula is C23H24ClF2N3O. The van der Waals surface area contributed by atoms with Crippen molar-refractivity contribution in [1.29, 1.82) is 0 Å². The molecule has 3 rings (SSSR count). The van der Waals surface area contributed by atoms with Crippen molar-refractivity contribution >= 4 is 17.5 Å². The zero-order chi connectivity index (χ0) is 22.1. The average Bonchev–Trinajstić information content (AvgIpc) is 3.12. The fraction of sp³-hybridized carbons (Fsp3) is 0.304. The van der Waals surface area contributed by atoms with E-state index >= 15 is 0 Å². The minimum atomic E-state index is -0.971. The number of rotatable bonds is 5. The van der Waals surface area contributed by atoms with E-state index < -0.39 is 17.6 Å². The monoisotopic (exact) mass is 431 g/mol. The maximum Gasteiger partial charge on any atom is 0.227 e. The molecule has 1 amide bonds. The normalized spacial score (nSPS) is 12.6. The van der Waals surface area contributed by atoms with E-state index in [0.29, 0.717) is 10.6 Å². The van der Waals surface area contributed by atoms with Crippen LogP contribution < -0.4 is 5.32 Å². The largest absolute Gasteiger partial charge is 0.350 e. The highest BCUT2D eigenvalue weighted by Gasteiger charge is 2.22. The molecule has 0 aliphatic rings. The fourth-order valence-electron chi connectivity index (χ4n) is 3.01. The van der Waals surface area contributed by atoms with Gasteiger partial charge in [-0.2, -0.15) is 5.10 Å². The Morgan fingerprint density at radius 3 is 2.50 bits per heavy atom. The van der Waals surface area contributed by atoms with Crippen LogP contribution in [0.5, 0.6) is 0 Å². The number of nitrogens with one attached hydrogen (secondary N) is 1. The molecule has 1 atom stereocenters. The van der Waals surface area contributed by atoms with Gasteiger partial charge in [-0.1, -0.05) is 44.5 Å². The first-order valence-electron chi connectivity index (χ1n) is 9.64. The molecule has 0 radical (unpaired) electrons. The van der Waals surface area contributed by atoms with Gasteiger partial charge in [-0.05, 0) is 48.9 Å². The maximum absolute atomic E-state index is 13.5. The van der Waals surface area contributed by atoms with Gasteiger partial charge in [0.25, 0.3) is 0 Å². The fourth-order valence-corrected chi connectivity index (χ4v) is 3.19. The Morgan fingerprint density at radius 1 is 1.13 bits per heavy atom. The molecular weight excluding hydrogens is 408 g/mol. The highest BCUT2D eigenvalue weighted by Crippen LogP contribution is 2.25. The molecule has 1 unspecified atom stereocenters. The summed E-state index contributed by atoms with van der Waals surface area (Å²) in [5.74, 6) is -2.84. The number of halogens is 3. The summed E-state index contributed by atoms with van der Waals surface area (Å²) in [6.45, 7) is 8.06. The topological polar surface area (TPSA) is 46.9 Å². The van der Waals surface area contributed by atoms with Gasteiger partial charge in [0.15, 0.2) is 11.6 Å². The van der Waals surface area contributed by atoms with Gasteiger partial charge in [0.05, 0.1) is 29.5 Å². The Balaban J connectivity index is 1.84. The van der Waals surface area contributed by atoms with E-state index in [0.717, 1.165) is 29.2 Å². The van der Waals surface area contributed by atoms with E-state index in [-0.39, 0.29) is 17.9 Å². The van der Waals surface area contributed by atoms with Crippen molar-refractivity contribution in [2.24, 2.45) is 0 Å². The van der Waals surface area contributed by atoms with E-state index in [1.807, 2.05) is 18.2 Å². The Bertz CT molecular complexity index is 1070. The predicted molar refractivity (Wildman–Crippen MR) is 114 cm³/mol. The molecule has 1 N–H and O–H groups in total. The summed E-state index contributed by atoms with van der Waals surface area (Å²) in [6.07, 6.45) is 0. The standard InChI is InChI=1S/C23H24ClF2N3O/c1-14(15-8-9-19(25)20(26)10-15)22(30)27-13-18-12-21(23(2,3)4)28-29(18)17-7-5-6-16(24)11-17/h5-12,14H,13H2,1-4H3,(H,27,30). The van der Waals surface area contributed by atoms with Gasteiger partial charge < -0.3 is 5.32 Å². The van der Waals surface area contributed by atoms with Crippen LogP contribution in [0.25, 0.3) is 5.69 Å². The first kappa shape index (κ1) is 22.0. The lowest BCUT2D eigenvalue weighted by atomic mass is 9.92. The third-order valence-corrected chi connectivity index (χ3v) is 5.12. The molecule has 0 saturated carbocycles. The smallest absolute Gasteiger partial charge is 0.227 e. The summed E-state index contributed by atoms with van der Waals surface area (Å²) in [6, 6.07) is 12.7. The molecule has 1 aromatic heterocycles. The molecule has 4 nitrogen and oxygen atoms in total. The summed E-state index contributed by atoms with van der Waals surface area (Å²) in [5.41, 5.74) is 2.68. The quantitative estimate of drug-likeness (QED) is 0.578. The number of carbonyl (C=O) groups excluding carboxylic acids is 1. The third-order valence-electron chi connectivity index (χ3n) is 4.88. The second kappa shape index (κ2) is 8.56. The number of hydrogen-bond acceptors (Lipinski definition) is 2. The van der Waals surface area contributed by atoms with Gasteiger partial charge in [0, 0.05) is 10.4 Å². The SMILES string of the molecule is CC(C(=O)NCc1cc(C(C)(C)C)nn1-c1cccc(Cl)c1)c1ccc(F)c(F)c1. The highest BCUT2D eigenvalue weighted by molar-refractivity contribution is 6.30. The van der Waals surface area contributed by atoms with Gasteiger partial charge in [-0.3, -0.25) is 4.79 Å². The summed E-state index contributed by atoms with van der Waals surface area (Å²) in [7, 11) is 0. The Labute approximate surface area is 179 Å². The van der Waals surface area contributed by atoms with Gasteiger partial charge in [0.2, 0.25) is 5.91 Å². The molecule has 2 aromatic carbocycles. The van der Waals surface area contributed by atoms with Crippen LogP contribution in [0.3, 0.4) is 0 Å². The minimum absolute atomic E-state index is 0.179. The van der Waals surface area contributed by atoms with E-state index in [2.05, 4.69) is 26.1 Å². The van der Waals surface area contributed by atoms with Crippen molar-refractivity contribution in [2.45, 2.75) is 45.6 Å². The molecule has 1 heterocycles. The lowest BCUT2D eigenvalue weighted by Crippen LogP contribution is -2.28. The Hall–Kier alpha value is -2.73. The molecule has 30 heavy (non-hydrogen) atoms. The number of aromatic nitrogens is 2. The Morgan fingerprint density at radius 2 is 1.87 bits per heavy atom. The molecule has 0 bridgehead atoms. The van der Waals surface area contributed by atoms with Crippen LogP contribution in [0.4, 0.5) is 8.78 Å². The number of hydrogen-bond donors (Lipinski definition) is 1. The van der Waals surface area contributed by atoms with E-state index in [1.165, 1.54) is 6.07 Å². The average molecular weight is 432 g/mol. The molecule has 0 aliphatic carbocycles. The van der Waals surface area contributed by atoms with Gasteiger partial charge >= 0.3 is 0 Å². The van der Waals surface area contributed by atoms with E-state index in [9.17, 15) is 13.6 Å². The predicted octanol–water partition coefficient (Wildman–Crippen LogP) is 5.52. The second-order valence-corrected chi connectivity index (χ2v) is 8.71. The van der Waals surface area contributed by atoms with Crippen LogP contribution in [0.2, 0.25) is 5.02 Å². The molecule has 0 spiro atoms. The lowest BCUT2D eigenvalue weighted by molar-refractivity contribution is -0.122. The molecule has 0 aliphatic heterocycles. The molecule has 7 heteroatoms. The van der Waals surface area contributed by atoms with Crippen molar-refractivity contribution < 1.29 is 13.6 Å². The zero-order valence-electron chi connectivity index (χ0n) is 17.3. The first-order chi connectivity index (χ1) is 14.1. The van der Waals surface area contributed by atoms with Crippen molar-refractivity contribution in [3.63, 3.8) is 0 Å². The Kier molecular flexibility index (Phi) is 6.27. The number of nitrogens with zero attached hydrogens (tertiary/aromatic N) is 2. The van der Waals surface area contributed by atoms with E-state index in [1.54, 1.807) is 23.7 Å². The number of amides is 1. The van der Waals surface area contributed by atoms with Crippen LogP contribution in [-0.4, -0.2) is 15.7 Å². The highest BCUT2D eigenvalue weighted by atomic mass is 35.5. The number of benzene rings is 2. The second-order valence-electron chi connectivity index (χ2n) is 8.28. The lowest BCUT2D eigenvalue weighted by Gasteiger charge is -2.14. The minimum Gasteiger partial charge on any atom is -0.350 e. The first-order valence-corrected chi connectivity index (χ1v) is 10.0. The van der Waals surface area contributed by atoms with Crippen molar-refractivity contribution in [2.75, 3.05) is 0 Å². The van der Waals surface area contributed by atoms with Crippen molar-refractivity contribution in [3.05, 3.63) is 82.1 Å². The maximum atomic E-state index is 13.5. The van der Waals surface area contributed by atoms with Gasteiger partial charge in [-0.25, -0.2) is 13.5 Å². The van der Waals surface area contributed by atoms with Gasteiger partial charge in [-0.15, -0.1) is 0 Å².